The van der Waals surface area contributed by atoms with Crippen molar-refractivity contribution < 1.29 is 18.7 Å². The van der Waals surface area contributed by atoms with Crippen LogP contribution in [0.15, 0.2) is 12.3 Å². The van der Waals surface area contributed by atoms with E-state index in [0.29, 0.717) is 25.0 Å². The van der Waals surface area contributed by atoms with Crippen molar-refractivity contribution in [1.82, 2.24) is 4.98 Å². The summed E-state index contributed by atoms with van der Waals surface area (Å²) in [4.78, 5) is 15.2. The minimum Gasteiger partial charge on any atom is -0.382 e. The second-order valence-corrected chi connectivity index (χ2v) is 5.03. The first-order valence-corrected chi connectivity index (χ1v) is 6.00. The Hall–Kier alpha value is -1.36. The summed E-state index contributed by atoms with van der Waals surface area (Å²) in [6.07, 6.45) is 2.65. The lowest BCUT2D eigenvalue weighted by atomic mass is 9.76. The van der Waals surface area contributed by atoms with Gasteiger partial charge in [0, 0.05) is 6.07 Å². The van der Waals surface area contributed by atoms with Gasteiger partial charge < -0.3 is 5.11 Å². The largest absolute Gasteiger partial charge is 0.382 e. The van der Waals surface area contributed by atoms with Crippen LogP contribution in [0.25, 0.3) is 0 Å². The molecule has 0 amide bonds. The van der Waals surface area contributed by atoms with Crippen molar-refractivity contribution in [2.24, 2.45) is 5.92 Å². The number of aliphatic hydroxyl groups is 1. The third-order valence-electron chi connectivity index (χ3n) is 3.59. The zero-order valence-electron chi connectivity index (χ0n) is 10.1. The maximum atomic E-state index is 13.5. The molecule has 1 fully saturated rings. The van der Waals surface area contributed by atoms with Crippen LogP contribution in [0.3, 0.4) is 0 Å². The smallest absolute Gasteiger partial charge is 0.213 e. The quantitative estimate of drug-likeness (QED) is 0.652. The van der Waals surface area contributed by atoms with Crippen molar-refractivity contribution in [2.45, 2.75) is 38.2 Å². The number of ketones is 1. The first kappa shape index (κ1) is 13.1. The van der Waals surface area contributed by atoms with Gasteiger partial charge in [-0.05, 0) is 31.6 Å². The van der Waals surface area contributed by atoms with Gasteiger partial charge >= 0.3 is 0 Å². The fraction of sp³-hybridized carbons (Fsp3) is 0.538. The Morgan fingerprint density at radius 3 is 2.67 bits per heavy atom. The van der Waals surface area contributed by atoms with E-state index in [0.717, 1.165) is 6.07 Å². The minimum atomic E-state index is -1.57. The van der Waals surface area contributed by atoms with Crippen molar-refractivity contribution in [1.29, 1.82) is 0 Å². The van der Waals surface area contributed by atoms with Gasteiger partial charge in [-0.2, -0.15) is 4.39 Å². The van der Waals surface area contributed by atoms with Gasteiger partial charge in [-0.15, -0.1) is 0 Å². The Labute approximate surface area is 104 Å². The molecule has 18 heavy (non-hydrogen) atoms. The molecule has 1 aliphatic carbocycles. The number of pyridine rings is 1. The molecule has 5 heteroatoms. The molecule has 2 rings (SSSR count). The van der Waals surface area contributed by atoms with E-state index in [1.807, 2.05) is 6.92 Å². The highest BCUT2D eigenvalue weighted by Crippen LogP contribution is 2.34. The Morgan fingerprint density at radius 1 is 1.44 bits per heavy atom. The number of Topliss-reactive ketones (excluding diaryl/α,β-unsaturated/α-hetero) is 1. The van der Waals surface area contributed by atoms with Crippen LogP contribution < -0.4 is 0 Å². The van der Waals surface area contributed by atoms with Crippen molar-refractivity contribution >= 4 is 5.78 Å². The maximum Gasteiger partial charge on any atom is 0.213 e. The van der Waals surface area contributed by atoms with E-state index in [9.17, 15) is 18.7 Å². The lowest BCUT2D eigenvalue weighted by molar-refractivity contribution is 0.00387. The lowest BCUT2D eigenvalue weighted by Gasteiger charge is -2.33. The number of carbonyl (C=O) groups excluding carboxylic acids is 1. The normalized spacial score (nSPS) is 28.1. The first-order chi connectivity index (χ1) is 8.42. The molecular weight excluding hydrogens is 240 g/mol. The van der Waals surface area contributed by atoms with Crippen LogP contribution in [0.1, 0.15) is 43.0 Å². The highest BCUT2D eigenvalue weighted by atomic mass is 19.1. The van der Waals surface area contributed by atoms with E-state index >= 15 is 0 Å². The van der Waals surface area contributed by atoms with Crippen molar-refractivity contribution in [3.05, 3.63) is 29.6 Å². The fourth-order valence-corrected chi connectivity index (χ4v) is 2.30. The lowest BCUT2D eigenvalue weighted by Crippen LogP contribution is -2.42. The number of aromatic nitrogens is 1. The number of nitrogens with zero attached hydrogens (tertiary/aromatic N) is 1. The molecule has 0 saturated heterocycles. The topological polar surface area (TPSA) is 50.2 Å². The van der Waals surface area contributed by atoms with E-state index < -0.39 is 28.7 Å². The van der Waals surface area contributed by atoms with Gasteiger partial charge in [0.2, 0.25) is 5.95 Å². The van der Waals surface area contributed by atoms with Gasteiger partial charge in [0.05, 0.1) is 11.8 Å². The van der Waals surface area contributed by atoms with Gasteiger partial charge in [-0.3, -0.25) is 4.79 Å². The zero-order valence-corrected chi connectivity index (χ0v) is 10.1. The van der Waals surface area contributed by atoms with E-state index in [1.54, 1.807) is 0 Å². The highest BCUT2D eigenvalue weighted by molar-refractivity contribution is 6.02. The molecule has 1 aliphatic rings. The van der Waals surface area contributed by atoms with Crippen LogP contribution in [0.5, 0.6) is 0 Å². The van der Waals surface area contributed by atoms with Crippen LogP contribution >= 0.6 is 0 Å². The van der Waals surface area contributed by atoms with E-state index in [4.69, 9.17) is 0 Å². The second kappa shape index (κ2) is 4.72. The first-order valence-electron chi connectivity index (χ1n) is 6.00. The molecule has 1 heterocycles. The van der Waals surface area contributed by atoms with Crippen molar-refractivity contribution in [3.63, 3.8) is 0 Å². The molecule has 1 saturated carbocycles. The van der Waals surface area contributed by atoms with Crippen molar-refractivity contribution in [3.8, 4) is 0 Å². The standard InChI is InChI=1S/C13H15F2NO2/c1-8-2-4-13(18,5-3-8)12(17)9-6-11(15)16-7-10(9)14/h6-8,18H,2-5H2,1H3. The van der Waals surface area contributed by atoms with E-state index in [-0.39, 0.29) is 12.8 Å². The Bertz CT molecular complexity index is 468. The maximum absolute atomic E-state index is 13.5. The molecule has 0 radical (unpaired) electrons. The van der Waals surface area contributed by atoms with Gasteiger partial charge in [0.25, 0.3) is 0 Å². The van der Waals surface area contributed by atoms with E-state index in [2.05, 4.69) is 4.98 Å². The molecule has 0 aromatic carbocycles. The summed E-state index contributed by atoms with van der Waals surface area (Å²) in [5.41, 5.74) is -1.99. The number of carbonyl (C=O) groups is 1. The molecule has 0 unspecified atom stereocenters. The average molecular weight is 255 g/mol. The summed E-state index contributed by atoms with van der Waals surface area (Å²) in [6, 6.07) is 0.744. The van der Waals surface area contributed by atoms with Gasteiger partial charge in [-0.25, -0.2) is 9.37 Å². The summed E-state index contributed by atoms with van der Waals surface area (Å²) in [5.74, 6) is -2.12. The van der Waals surface area contributed by atoms with Gasteiger partial charge in [0.1, 0.15) is 5.60 Å². The molecule has 98 valence electrons. The fourth-order valence-electron chi connectivity index (χ4n) is 2.30. The minimum absolute atomic E-state index is 0.288. The molecule has 0 spiro atoms. The summed E-state index contributed by atoms with van der Waals surface area (Å²) in [7, 11) is 0. The van der Waals surface area contributed by atoms with E-state index in [1.165, 1.54) is 0 Å². The average Bonchev–Trinajstić information content (AvgIpc) is 2.35. The molecule has 0 bridgehead atoms. The zero-order chi connectivity index (χ0) is 13.3. The Balaban J connectivity index is 2.28. The SMILES string of the molecule is CC1CCC(O)(C(=O)c2cc(F)ncc2F)CC1. The summed E-state index contributed by atoms with van der Waals surface area (Å²) >= 11 is 0. The van der Waals surface area contributed by atoms with Crippen LogP contribution in [0, 0.1) is 17.7 Å². The summed E-state index contributed by atoms with van der Waals surface area (Å²) < 4.78 is 26.4. The number of rotatable bonds is 2. The van der Waals surface area contributed by atoms with Gasteiger partial charge in [-0.1, -0.05) is 6.92 Å². The third kappa shape index (κ3) is 2.41. The van der Waals surface area contributed by atoms with Crippen LogP contribution in [0.4, 0.5) is 8.78 Å². The Morgan fingerprint density at radius 2 is 2.06 bits per heavy atom. The summed E-state index contributed by atoms with van der Waals surface area (Å²) in [5, 5.41) is 10.3. The van der Waals surface area contributed by atoms with Crippen LogP contribution in [-0.2, 0) is 0 Å². The predicted octanol–water partition coefficient (Wildman–Crippen LogP) is 2.48. The molecule has 1 aromatic rings. The van der Waals surface area contributed by atoms with Gasteiger partial charge in [0.15, 0.2) is 11.6 Å². The molecule has 0 aliphatic heterocycles. The second-order valence-electron chi connectivity index (χ2n) is 5.03. The van der Waals surface area contributed by atoms with Crippen LogP contribution in [-0.4, -0.2) is 21.5 Å². The Kier molecular flexibility index (Phi) is 3.43. The highest BCUT2D eigenvalue weighted by Gasteiger charge is 2.40. The molecular formula is C13H15F2NO2. The predicted molar refractivity (Wildman–Crippen MR) is 61.1 cm³/mol. The summed E-state index contributed by atoms with van der Waals surface area (Å²) in [6.45, 7) is 2.04. The third-order valence-corrected chi connectivity index (χ3v) is 3.59. The monoisotopic (exact) mass is 255 g/mol. The molecule has 1 N–H and O–H groups in total. The molecule has 3 nitrogen and oxygen atoms in total. The number of hydrogen-bond acceptors (Lipinski definition) is 3. The molecule has 0 atom stereocenters. The number of hydrogen-bond donors (Lipinski definition) is 1. The van der Waals surface area contributed by atoms with Crippen molar-refractivity contribution in [2.75, 3.05) is 0 Å². The molecule has 1 aromatic heterocycles. The number of halogens is 2. The van der Waals surface area contributed by atoms with Crippen LogP contribution in [0.2, 0.25) is 0 Å².